The summed E-state index contributed by atoms with van der Waals surface area (Å²) in [7, 11) is 1.55. The summed E-state index contributed by atoms with van der Waals surface area (Å²) in [6.07, 6.45) is 1.79. The van der Waals surface area contributed by atoms with E-state index >= 15 is 0 Å². The maximum absolute atomic E-state index is 12.0. The third-order valence-corrected chi connectivity index (χ3v) is 4.43. The minimum atomic E-state index is -0.227. The van der Waals surface area contributed by atoms with Crippen molar-refractivity contribution in [2.45, 2.75) is 6.92 Å². The van der Waals surface area contributed by atoms with Crippen LogP contribution in [0.1, 0.15) is 10.4 Å². The van der Waals surface area contributed by atoms with Crippen LogP contribution in [0.15, 0.2) is 16.4 Å². The number of hydrogen-bond donors (Lipinski definition) is 0. The summed E-state index contributed by atoms with van der Waals surface area (Å²) in [6.45, 7) is 2.66. The van der Waals surface area contributed by atoms with Crippen LogP contribution in [0.5, 0.6) is 0 Å². The summed E-state index contributed by atoms with van der Waals surface area (Å²) < 4.78 is 4.89. The van der Waals surface area contributed by atoms with Crippen LogP contribution in [0.25, 0.3) is 6.08 Å². The Morgan fingerprint density at radius 3 is 2.83 bits per heavy atom. The van der Waals surface area contributed by atoms with Crippen LogP contribution in [0.3, 0.4) is 0 Å². The average molecular weight is 283 g/mol. The minimum Gasteiger partial charge on any atom is -0.383 e. The summed E-state index contributed by atoms with van der Waals surface area (Å²) in [6, 6.07) is 1.99. The molecule has 0 saturated carbocycles. The van der Waals surface area contributed by atoms with E-state index in [1.54, 1.807) is 24.5 Å². The molecule has 1 fully saturated rings. The number of rotatable bonds is 4. The normalized spacial score (nSPS) is 18.1. The van der Waals surface area contributed by atoms with Gasteiger partial charge >= 0.3 is 0 Å². The van der Waals surface area contributed by atoms with Crippen molar-refractivity contribution in [3.05, 3.63) is 26.8 Å². The summed E-state index contributed by atoms with van der Waals surface area (Å²) in [5.41, 5.74) is 1.11. The Hall–Kier alpha value is -1.11. The van der Waals surface area contributed by atoms with Crippen LogP contribution in [0, 0.1) is 6.92 Å². The summed E-state index contributed by atoms with van der Waals surface area (Å²) in [4.78, 5) is 26.4. The van der Waals surface area contributed by atoms with Crippen molar-refractivity contribution in [1.82, 2.24) is 4.90 Å². The van der Waals surface area contributed by atoms with Crippen molar-refractivity contribution in [2.24, 2.45) is 0 Å². The van der Waals surface area contributed by atoms with Crippen LogP contribution in [0.2, 0.25) is 0 Å². The van der Waals surface area contributed by atoms with Gasteiger partial charge in [0.25, 0.3) is 11.1 Å². The predicted molar refractivity (Wildman–Crippen MR) is 73.6 cm³/mol. The third kappa shape index (κ3) is 2.66. The highest BCUT2D eigenvalue weighted by atomic mass is 32.2. The van der Waals surface area contributed by atoms with E-state index in [9.17, 15) is 9.59 Å². The maximum Gasteiger partial charge on any atom is 0.293 e. The number of nitrogens with zero attached hydrogens (tertiary/aromatic N) is 1. The Kier molecular flexibility index (Phi) is 4.21. The molecule has 1 saturated heterocycles. The molecule has 2 rings (SSSR count). The lowest BCUT2D eigenvalue weighted by Crippen LogP contribution is -2.31. The van der Waals surface area contributed by atoms with Crippen LogP contribution < -0.4 is 0 Å². The molecule has 1 aliphatic rings. The molecule has 0 atom stereocenters. The Bertz CT molecular complexity index is 507. The van der Waals surface area contributed by atoms with E-state index in [0.717, 1.165) is 22.2 Å². The number of ether oxygens (including phenoxy) is 1. The van der Waals surface area contributed by atoms with Gasteiger partial charge in [0.15, 0.2) is 0 Å². The first-order chi connectivity index (χ1) is 8.63. The molecule has 1 aromatic heterocycles. The first-order valence-corrected chi connectivity index (χ1v) is 7.11. The molecule has 0 N–H and O–H groups in total. The predicted octanol–water partition coefficient (Wildman–Crippen LogP) is 2.74. The fourth-order valence-electron chi connectivity index (χ4n) is 1.53. The number of aryl methyl sites for hydroxylation is 1. The van der Waals surface area contributed by atoms with E-state index < -0.39 is 0 Å². The molecular formula is C12H13NO3S2. The van der Waals surface area contributed by atoms with Gasteiger partial charge in [0.05, 0.1) is 18.1 Å². The first-order valence-electron chi connectivity index (χ1n) is 5.42. The van der Waals surface area contributed by atoms with E-state index in [0.29, 0.717) is 18.1 Å². The van der Waals surface area contributed by atoms with Crippen molar-refractivity contribution >= 4 is 40.3 Å². The van der Waals surface area contributed by atoms with Gasteiger partial charge in [-0.25, -0.2) is 0 Å². The number of carbonyl (C=O) groups excluding carboxylic acids is 2. The summed E-state index contributed by atoms with van der Waals surface area (Å²) >= 11 is 2.55. The lowest BCUT2D eigenvalue weighted by Gasteiger charge is -2.10. The SMILES string of the molecule is COCCN1C(=O)S/C(=C/c2sccc2C)C1=O. The molecular weight excluding hydrogens is 270 g/mol. The number of carbonyl (C=O) groups is 2. The Labute approximate surface area is 114 Å². The smallest absolute Gasteiger partial charge is 0.293 e. The second-order valence-corrected chi connectivity index (χ2v) is 5.73. The highest BCUT2D eigenvalue weighted by Crippen LogP contribution is 2.33. The van der Waals surface area contributed by atoms with Crippen molar-refractivity contribution in [2.75, 3.05) is 20.3 Å². The highest BCUT2D eigenvalue weighted by Gasteiger charge is 2.34. The molecule has 96 valence electrons. The van der Waals surface area contributed by atoms with E-state index in [4.69, 9.17) is 4.74 Å². The second-order valence-electron chi connectivity index (χ2n) is 3.79. The van der Waals surface area contributed by atoms with Crippen LogP contribution in [0.4, 0.5) is 4.79 Å². The zero-order valence-corrected chi connectivity index (χ0v) is 11.8. The maximum atomic E-state index is 12.0. The Morgan fingerprint density at radius 2 is 2.22 bits per heavy atom. The van der Waals surface area contributed by atoms with Crippen LogP contribution >= 0.6 is 23.1 Å². The molecule has 4 nitrogen and oxygen atoms in total. The molecule has 2 amide bonds. The molecule has 18 heavy (non-hydrogen) atoms. The van der Waals surface area contributed by atoms with Crippen molar-refractivity contribution in [1.29, 1.82) is 0 Å². The third-order valence-electron chi connectivity index (χ3n) is 2.56. The molecule has 1 aromatic rings. The van der Waals surface area contributed by atoms with Crippen molar-refractivity contribution in [3.63, 3.8) is 0 Å². The van der Waals surface area contributed by atoms with Gasteiger partial charge in [0.1, 0.15) is 0 Å². The van der Waals surface area contributed by atoms with Crippen LogP contribution in [-0.2, 0) is 9.53 Å². The second kappa shape index (κ2) is 5.69. The molecule has 2 heterocycles. The average Bonchev–Trinajstić information content (AvgIpc) is 2.84. The van der Waals surface area contributed by atoms with E-state index in [1.165, 1.54) is 4.90 Å². The fraction of sp³-hybridized carbons (Fsp3) is 0.333. The molecule has 0 aromatic carbocycles. The van der Waals surface area contributed by atoms with Gasteiger partial charge in [-0.15, -0.1) is 11.3 Å². The Balaban J connectivity index is 2.17. The summed E-state index contributed by atoms with van der Waals surface area (Å²) in [5, 5.41) is 1.74. The Morgan fingerprint density at radius 1 is 1.44 bits per heavy atom. The van der Waals surface area contributed by atoms with E-state index in [1.807, 2.05) is 18.4 Å². The van der Waals surface area contributed by atoms with Crippen molar-refractivity contribution in [3.8, 4) is 0 Å². The van der Waals surface area contributed by atoms with Gasteiger partial charge in [-0.2, -0.15) is 0 Å². The van der Waals surface area contributed by atoms with E-state index in [2.05, 4.69) is 0 Å². The summed E-state index contributed by atoms with van der Waals surface area (Å²) in [5.74, 6) is -0.227. The number of amides is 2. The van der Waals surface area contributed by atoms with Gasteiger partial charge in [0, 0.05) is 12.0 Å². The molecule has 1 aliphatic heterocycles. The van der Waals surface area contributed by atoms with Gasteiger partial charge in [-0.05, 0) is 41.8 Å². The quantitative estimate of drug-likeness (QED) is 0.797. The molecule has 0 radical (unpaired) electrons. The number of thioether (sulfide) groups is 1. The zero-order chi connectivity index (χ0) is 13.1. The van der Waals surface area contributed by atoms with Crippen LogP contribution in [-0.4, -0.2) is 36.3 Å². The van der Waals surface area contributed by atoms with Gasteiger partial charge in [0.2, 0.25) is 0 Å². The van der Waals surface area contributed by atoms with Gasteiger partial charge < -0.3 is 4.74 Å². The number of imide groups is 1. The topological polar surface area (TPSA) is 46.6 Å². The number of hydrogen-bond acceptors (Lipinski definition) is 5. The highest BCUT2D eigenvalue weighted by molar-refractivity contribution is 8.18. The molecule has 6 heteroatoms. The lowest BCUT2D eigenvalue weighted by atomic mass is 10.2. The standard InChI is InChI=1S/C12H13NO3S2/c1-8-3-6-17-9(8)7-10-11(14)13(4-5-16-2)12(15)18-10/h3,6-7H,4-5H2,1-2H3/b10-7+. The first kappa shape index (κ1) is 13.3. The number of methoxy groups -OCH3 is 1. The van der Waals surface area contributed by atoms with Gasteiger partial charge in [-0.3, -0.25) is 14.5 Å². The monoisotopic (exact) mass is 283 g/mol. The van der Waals surface area contributed by atoms with E-state index in [-0.39, 0.29) is 11.1 Å². The molecule has 0 aliphatic carbocycles. The fourth-order valence-corrected chi connectivity index (χ4v) is 3.31. The molecule has 0 unspecified atom stereocenters. The largest absolute Gasteiger partial charge is 0.383 e. The zero-order valence-electron chi connectivity index (χ0n) is 10.1. The number of thiophene rings is 1. The lowest BCUT2D eigenvalue weighted by molar-refractivity contribution is -0.123. The molecule has 0 bridgehead atoms. The molecule has 0 spiro atoms. The minimum absolute atomic E-state index is 0.225. The van der Waals surface area contributed by atoms with Crippen molar-refractivity contribution < 1.29 is 14.3 Å². The van der Waals surface area contributed by atoms with Gasteiger partial charge in [-0.1, -0.05) is 0 Å².